The molecular formula is C36H35F3N4O6. The monoisotopic (exact) mass is 676 g/mol. The SMILES string of the molecule is O=C(NC(Cc1ccccc1)[C@@H](O)CC(Cc1ccccc1)NC(=O)C1CN(c2cccc(C(F)(F)F)c2)C(=O)O1)OCc1cccnc1. The Balaban J connectivity index is 1.29. The quantitative estimate of drug-likeness (QED) is 0.172. The van der Waals surface area contributed by atoms with Crippen molar-refractivity contribution in [1.29, 1.82) is 0 Å². The van der Waals surface area contributed by atoms with Gasteiger partial charge in [0.2, 0.25) is 0 Å². The van der Waals surface area contributed by atoms with E-state index in [9.17, 15) is 32.7 Å². The van der Waals surface area contributed by atoms with Gasteiger partial charge in [-0.25, -0.2) is 9.59 Å². The van der Waals surface area contributed by atoms with Crippen LogP contribution < -0.4 is 15.5 Å². The molecule has 256 valence electrons. The zero-order chi connectivity index (χ0) is 34.8. The molecule has 0 bridgehead atoms. The maximum absolute atomic E-state index is 13.5. The van der Waals surface area contributed by atoms with E-state index in [1.165, 1.54) is 12.1 Å². The summed E-state index contributed by atoms with van der Waals surface area (Å²) >= 11 is 0. The number of amides is 3. The zero-order valence-electron chi connectivity index (χ0n) is 26.3. The lowest BCUT2D eigenvalue weighted by Gasteiger charge is -2.28. The molecule has 5 rings (SSSR count). The summed E-state index contributed by atoms with van der Waals surface area (Å²) in [5.74, 6) is -0.681. The summed E-state index contributed by atoms with van der Waals surface area (Å²) in [7, 11) is 0. The Bertz CT molecular complexity index is 1700. The van der Waals surface area contributed by atoms with Gasteiger partial charge in [-0.1, -0.05) is 72.8 Å². The van der Waals surface area contributed by atoms with Gasteiger partial charge < -0.3 is 25.2 Å². The third-order valence-corrected chi connectivity index (χ3v) is 7.95. The van der Waals surface area contributed by atoms with Crippen LogP contribution in [0.5, 0.6) is 0 Å². The van der Waals surface area contributed by atoms with Gasteiger partial charge >= 0.3 is 18.4 Å². The number of alkyl halides is 3. The minimum Gasteiger partial charge on any atom is -0.445 e. The van der Waals surface area contributed by atoms with Crippen molar-refractivity contribution < 1.29 is 42.1 Å². The fraction of sp³-hybridized carbons (Fsp3) is 0.278. The van der Waals surface area contributed by atoms with Crippen molar-refractivity contribution in [3.63, 3.8) is 0 Å². The van der Waals surface area contributed by atoms with Gasteiger partial charge in [0.15, 0.2) is 6.10 Å². The van der Waals surface area contributed by atoms with Crippen LogP contribution in [0.1, 0.15) is 28.7 Å². The smallest absolute Gasteiger partial charge is 0.416 e. The number of aliphatic hydroxyl groups is 1. The molecule has 0 aliphatic carbocycles. The average molecular weight is 677 g/mol. The van der Waals surface area contributed by atoms with Gasteiger partial charge in [0.25, 0.3) is 5.91 Å². The van der Waals surface area contributed by atoms with Crippen LogP contribution in [0.25, 0.3) is 0 Å². The number of cyclic esters (lactones) is 1. The number of rotatable bonds is 13. The number of aromatic nitrogens is 1. The zero-order valence-corrected chi connectivity index (χ0v) is 26.3. The van der Waals surface area contributed by atoms with Gasteiger partial charge in [0, 0.05) is 29.7 Å². The highest BCUT2D eigenvalue weighted by atomic mass is 19.4. The highest BCUT2D eigenvalue weighted by molar-refractivity contribution is 5.95. The molecule has 0 spiro atoms. The summed E-state index contributed by atoms with van der Waals surface area (Å²) in [6.07, 6.45) is -5.13. The molecule has 1 aliphatic rings. The first-order valence-corrected chi connectivity index (χ1v) is 15.6. The number of anilines is 1. The number of hydrogen-bond acceptors (Lipinski definition) is 7. The number of pyridine rings is 1. The third kappa shape index (κ3) is 10.0. The van der Waals surface area contributed by atoms with Crippen LogP contribution in [0.3, 0.4) is 0 Å². The number of benzene rings is 3. The lowest BCUT2D eigenvalue weighted by Crippen LogP contribution is -2.50. The molecule has 13 heteroatoms. The molecule has 49 heavy (non-hydrogen) atoms. The van der Waals surface area contributed by atoms with Gasteiger partial charge in [0.1, 0.15) is 6.61 Å². The van der Waals surface area contributed by atoms with Gasteiger partial charge in [-0.2, -0.15) is 13.2 Å². The summed E-state index contributed by atoms with van der Waals surface area (Å²) in [5, 5.41) is 17.1. The predicted molar refractivity (Wildman–Crippen MR) is 173 cm³/mol. The van der Waals surface area contributed by atoms with Crippen LogP contribution in [0, 0.1) is 0 Å². The molecule has 0 radical (unpaired) electrons. The highest BCUT2D eigenvalue weighted by Crippen LogP contribution is 2.33. The molecule has 1 aliphatic heterocycles. The van der Waals surface area contributed by atoms with Crippen molar-refractivity contribution >= 4 is 23.8 Å². The number of aliphatic hydroxyl groups excluding tert-OH is 1. The number of nitrogens with zero attached hydrogens (tertiary/aromatic N) is 2. The maximum atomic E-state index is 13.5. The normalized spacial score (nSPS) is 16.3. The van der Waals surface area contributed by atoms with E-state index in [1.54, 1.807) is 24.5 Å². The Morgan fingerprint density at radius 1 is 0.918 bits per heavy atom. The molecule has 1 fully saturated rings. The molecule has 2 heterocycles. The predicted octanol–water partition coefficient (Wildman–Crippen LogP) is 5.44. The second-order valence-corrected chi connectivity index (χ2v) is 11.6. The van der Waals surface area contributed by atoms with E-state index in [1.807, 2.05) is 60.7 Å². The molecule has 3 amide bonds. The summed E-state index contributed by atoms with van der Waals surface area (Å²) in [4.78, 5) is 44.0. The Morgan fingerprint density at radius 2 is 1.59 bits per heavy atom. The van der Waals surface area contributed by atoms with Crippen molar-refractivity contribution in [1.82, 2.24) is 15.6 Å². The van der Waals surface area contributed by atoms with E-state index in [4.69, 9.17) is 9.47 Å². The van der Waals surface area contributed by atoms with Crippen LogP contribution in [0.4, 0.5) is 28.4 Å². The molecule has 4 aromatic rings. The Morgan fingerprint density at radius 3 is 2.24 bits per heavy atom. The van der Waals surface area contributed by atoms with Crippen LogP contribution in [-0.4, -0.2) is 59.0 Å². The molecule has 3 N–H and O–H groups in total. The van der Waals surface area contributed by atoms with E-state index in [0.29, 0.717) is 5.56 Å². The van der Waals surface area contributed by atoms with Crippen LogP contribution in [-0.2, 0) is 39.9 Å². The minimum atomic E-state index is -4.62. The number of carbonyl (C=O) groups excluding carboxylic acids is 3. The third-order valence-electron chi connectivity index (χ3n) is 7.95. The van der Waals surface area contributed by atoms with Crippen molar-refractivity contribution in [2.24, 2.45) is 0 Å². The molecule has 10 nitrogen and oxygen atoms in total. The first-order valence-electron chi connectivity index (χ1n) is 15.6. The maximum Gasteiger partial charge on any atom is 0.416 e. The summed E-state index contributed by atoms with van der Waals surface area (Å²) < 4.78 is 50.5. The topological polar surface area (TPSA) is 130 Å². The molecule has 3 unspecified atom stereocenters. The number of nitrogens with one attached hydrogen (secondary N) is 2. The van der Waals surface area contributed by atoms with Crippen molar-refractivity contribution in [3.8, 4) is 0 Å². The number of halogens is 3. The van der Waals surface area contributed by atoms with Crippen LogP contribution >= 0.6 is 0 Å². The van der Waals surface area contributed by atoms with Gasteiger partial charge in [0.05, 0.1) is 24.3 Å². The average Bonchev–Trinajstić information content (AvgIpc) is 3.49. The van der Waals surface area contributed by atoms with Gasteiger partial charge in [-0.05, 0) is 54.7 Å². The molecular weight excluding hydrogens is 641 g/mol. The van der Waals surface area contributed by atoms with E-state index >= 15 is 0 Å². The Kier molecular flexibility index (Phi) is 11.5. The lowest BCUT2D eigenvalue weighted by atomic mass is 9.93. The number of hydrogen-bond donors (Lipinski definition) is 3. The number of carbonyl (C=O) groups is 3. The van der Waals surface area contributed by atoms with E-state index in [-0.39, 0.29) is 38.1 Å². The fourth-order valence-corrected chi connectivity index (χ4v) is 5.48. The number of alkyl carbamates (subject to hydrolysis) is 1. The Labute approximate surface area is 280 Å². The fourth-order valence-electron chi connectivity index (χ4n) is 5.48. The number of ether oxygens (including phenoxy) is 2. The first kappa shape index (κ1) is 34.9. The molecule has 1 aromatic heterocycles. The second-order valence-electron chi connectivity index (χ2n) is 11.6. The lowest BCUT2D eigenvalue weighted by molar-refractivity contribution is -0.137. The molecule has 0 saturated carbocycles. The van der Waals surface area contributed by atoms with E-state index < -0.39 is 54.1 Å². The van der Waals surface area contributed by atoms with Gasteiger partial charge in [-0.15, -0.1) is 0 Å². The van der Waals surface area contributed by atoms with Crippen molar-refractivity contribution in [3.05, 3.63) is 132 Å². The minimum absolute atomic E-state index is 0.0149. The van der Waals surface area contributed by atoms with E-state index in [2.05, 4.69) is 15.6 Å². The standard InChI is InChI=1S/C36H35F3N4O6/c37-36(38,39)27-14-7-15-29(19-27)43-22-32(49-35(43)47)33(45)41-28(17-24-9-3-1-4-10-24)20-31(44)30(18-25-11-5-2-6-12-25)42-34(46)48-23-26-13-8-16-40-21-26/h1-16,19,21,28,30-32,44H,17-18,20,22-23H2,(H,41,45)(H,42,46)/t28?,30?,31-,32?/m0/s1. The summed E-state index contributed by atoms with van der Waals surface area (Å²) in [6, 6.07) is 24.6. The summed E-state index contributed by atoms with van der Waals surface area (Å²) in [6.45, 7) is -0.342. The molecule has 1 saturated heterocycles. The van der Waals surface area contributed by atoms with Crippen LogP contribution in [0.15, 0.2) is 109 Å². The largest absolute Gasteiger partial charge is 0.445 e. The van der Waals surface area contributed by atoms with Gasteiger partial charge in [-0.3, -0.25) is 14.7 Å². The first-order chi connectivity index (χ1) is 23.5. The Hall–Kier alpha value is -5.43. The van der Waals surface area contributed by atoms with Crippen LogP contribution in [0.2, 0.25) is 0 Å². The van der Waals surface area contributed by atoms with E-state index in [0.717, 1.165) is 28.2 Å². The highest BCUT2D eigenvalue weighted by Gasteiger charge is 2.39. The summed E-state index contributed by atoms with van der Waals surface area (Å²) in [5.41, 5.74) is 1.37. The molecule has 4 atom stereocenters. The van der Waals surface area contributed by atoms with Crippen molar-refractivity contribution in [2.45, 2.75) is 56.3 Å². The van der Waals surface area contributed by atoms with Crippen molar-refractivity contribution in [2.75, 3.05) is 11.4 Å². The second kappa shape index (κ2) is 16.1. The molecule has 3 aromatic carbocycles.